The van der Waals surface area contributed by atoms with E-state index in [1.165, 1.54) is 11.1 Å². The van der Waals surface area contributed by atoms with E-state index in [4.69, 9.17) is 0 Å². The molecular formula is C16H17N. The maximum absolute atomic E-state index is 4.08. The molecule has 0 saturated heterocycles. The molecule has 0 fully saturated rings. The van der Waals surface area contributed by atoms with E-state index in [0.29, 0.717) is 0 Å². The molecule has 1 heteroatoms. The van der Waals surface area contributed by atoms with Crippen LogP contribution in [0.1, 0.15) is 24.5 Å². The van der Waals surface area contributed by atoms with Gasteiger partial charge in [-0.2, -0.15) is 0 Å². The molecule has 1 aliphatic heterocycles. The molecule has 1 heterocycles. The lowest BCUT2D eigenvalue weighted by molar-refractivity contribution is 1.09. The van der Waals surface area contributed by atoms with E-state index in [9.17, 15) is 0 Å². The van der Waals surface area contributed by atoms with Crippen LogP contribution in [0.3, 0.4) is 0 Å². The number of allylic oxidation sites excluding steroid dienone is 4. The predicted molar refractivity (Wildman–Crippen MR) is 75.2 cm³/mol. The highest BCUT2D eigenvalue weighted by Crippen LogP contribution is 2.33. The minimum atomic E-state index is 0.934. The van der Waals surface area contributed by atoms with Gasteiger partial charge in [0.05, 0.1) is 0 Å². The van der Waals surface area contributed by atoms with Crippen molar-refractivity contribution >= 4 is 11.3 Å². The lowest BCUT2D eigenvalue weighted by Crippen LogP contribution is -2.19. The normalized spacial score (nSPS) is 19.0. The van der Waals surface area contributed by atoms with Gasteiger partial charge in [0.1, 0.15) is 0 Å². The summed E-state index contributed by atoms with van der Waals surface area (Å²) >= 11 is 0. The average Bonchev–Trinajstić information content (AvgIpc) is 2.34. The van der Waals surface area contributed by atoms with Gasteiger partial charge in [-0.1, -0.05) is 62.6 Å². The van der Waals surface area contributed by atoms with Crippen LogP contribution >= 0.6 is 0 Å². The molecule has 17 heavy (non-hydrogen) atoms. The van der Waals surface area contributed by atoms with Crippen LogP contribution in [0.15, 0.2) is 61.3 Å². The van der Waals surface area contributed by atoms with Gasteiger partial charge in [-0.3, -0.25) is 0 Å². The van der Waals surface area contributed by atoms with Crippen molar-refractivity contribution in [2.75, 3.05) is 0 Å². The lowest BCUT2D eigenvalue weighted by atomic mass is 9.91. The van der Waals surface area contributed by atoms with Gasteiger partial charge in [-0.15, -0.1) is 0 Å². The van der Waals surface area contributed by atoms with Crippen molar-refractivity contribution in [1.29, 1.82) is 0 Å². The average molecular weight is 223 g/mol. The summed E-state index contributed by atoms with van der Waals surface area (Å²) in [6.07, 6.45) is 6.99. The minimum absolute atomic E-state index is 0.934. The largest absolute Gasteiger partial charge is 0.355 e. The van der Waals surface area contributed by atoms with Crippen molar-refractivity contribution in [2.45, 2.75) is 13.3 Å². The summed E-state index contributed by atoms with van der Waals surface area (Å²) in [4.78, 5) is 0. The van der Waals surface area contributed by atoms with Crippen molar-refractivity contribution in [2.24, 2.45) is 0 Å². The fraction of sp³-hybridized carbons (Fsp3) is 0.125. The zero-order valence-corrected chi connectivity index (χ0v) is 10.2. The summed E-state index contributed by atoms with van der Waals surface area (Å²) in [6, 6.07) is 8.37. The summed E-state index contributed by atoms with van der Waals surface area (Å²) < 4.78 is 0. The topological polar surface area (TPSA) is 12.0 Å². The Labute approximate surface area is 103 Å². The Balaban J connectivity index is 2.63. The number of rotatable bonds is 2. The van der Waals surface area contributed by atoms with E-state index in [-0.39, 0.29) is 0 Å². The molecule has 1 nitrogen and oxygen atoms in total. The molecular weight excluding hydrogens is 206 g/mol. The highest BCUT2D eigenvalue weighted by atomic mass is 14.9. The van der Waals surface area contributed by atoms with Crippen molar-refractivity contribution in [3.8, 4) is 0 Å². The molecule has 1 aliphatic rings. The Morgan fingerprint density at radius 3 is 2.59 bits per heavy atom. The molecule has 1 aromatic carbocycles. The van der Waals surface area contributed by atoms with Crippen LogP contribution in [0, 0.1) is 0 Å². The number of hydrogen-bond acceptors (Lipinski definition) is 1. The monoisotopic (exact) mass is 223 g/mol. The SMILES string of the molecule is C=C/C=C1\C(=C)N/C(=C\CC)c2ccccc21. The summed E-state index contributed by atoms with van der Waals surface area (Å²) in [5, 5.41) is 3.36. The van der Waals surface area contributed by atoms with Crippen LogP contribution in [0.5, 0.6) is 0 Å². The van der Waals surface area contributed by atoms with E-state index in [2.05, 4.69) is 55.7 Å². The predicted octanol–water partition coefficient (Wildman–Crippen LogP) is 4.12. The molecule has 1 N–H and O–H groups in total. The second-order valence-electron chi connectivity index (χ2n) is 3.99. The maximum atomic E-state index is 4.08. The third kappa shape index (κ3) is 2.09. The molecule has 0 amide bonds. The lowest BCUT2D eigenvalue weighted by Gasteiger charge is -2.25. The number of benzene rings is 1. The summed E-state index contributed by atoms with van der Waals surface area (Å²) in [5.41, 5.74) is 5.65. The first-order chi connectivity index (χ1) is 8.27. The van der Waals surface area contributed by atoms with Crippen LogP contribution in [0.2, 0.25) is 0 Å². The molecule has 0 spiro atoms. The van der Waals surface area contributed by atoms with Gasteiger partial charge in [0, 0.05) is 22.5 Å². The second kappa shape index (κ2) is 4.88. The molecule has 0 atom stereocenters. The minimum Gasteiger partial charge on any atom is -0.355 e. The Bertz CT molecular complexity index is 518. The van der Waals surface area contributed by atoms with E-state index < -0.39 is 0 Å². The Morgan fingerprint density at radius 2 is 1.94 bits per heavy atom. The third-order valence-corrected chi connectivity index (χ3v) is 2.81. The summed E-state index contributed by atoms with van der Waals surface area (Å²) in [7, 11) is 0. The Morgan fingerprint density at radius 1 is 1.24 bits per heavy atom. The fourth-order valence-corrected chi connectivity index (χ4v) is 2.09. The van der Waals surface area contributed by atoms with Gasteiger partial charge in [-0.25, -0.2) is 0 Å². The van der Waals surface area contributed by atoms with Crippen molar-refractivity contribution < 1.29 is 0 Å². The van der Waals surface area contributed by atoms with E-state index >= 15 is 0 Å². The van der Waals surface area contributed by atoms with Crippen LogP contribution < -0.4 is 5.32 Å². The zero-order chi connectivity index (χ0) is 12.3. The van der Waals surface area contributed by atoms with Crippen molar-refractivity contribution in [1.82, 2.24) is 5.32 Å². The summed E-state index contributed by atoms with van der Waals surface area (Å²) in [6.45, 7) is 9.97. The molecule has 0 unspecified atom stereocenters. The molecule has 0 aromatic heterocycles. The van der Waals surface area contributed by atoms with E-state index in [1.807, 2.05) is 6.08 Å². The molecule has 0 bridgehead atoms. The highest BCUT2D eigenvalue weighted by molar-refractivity contribution is 5.92. The van der Waals surface area contributed by atoms with Crippen LogP contribution in [0.4, 0.5) is 0 Å². The van der Waals surface area contributed by atoms with Crippen molar-refractivity contribution in [3.63, 3.8) is 0 Å². The molecule has 2 rings (SSSR count). The van der Waals surface area contributed by atoms with E-state index in [1.54, 1.807) is 6.08 Å². The zero-order valence-electron chi connectivity index (χ0n) is 10.2. The van der Waals surface area contributed by atoms with Gasteiger partial charge < -0.3 is 5.32 Å². The molecule has 86 valence electrons. The fourth-order valence-electron chi connectivity index (χ4n) is 2.09. The Kier molecular flexibility index (Phi) is 3.29. The molecule has 0 aliphatic carbocycles. The molecule has 0 saturated carbocycles. The van der Waals surface area contributed by atoms with Crippen LogP contribution in [0.25, 0.3) is 11.3 Å². The van der Waals surface area contributed by atoms with Gasteiger partial charge in [0.2, 0.25) is 0 Å². The number of fused-ring (bicyclic) bond motifs is 1. The third-order valence-electron chi connectivity index (χ3n) is 2.81. The molecule has 1 aromatic rings. The first kappa shape index (κ1) is 11.5. The van der Waals surface area contributed by atoms with Crippen LogP contribution in [-0.4, -0.2) is 0 Å². The van der Waals surface area contributed by atoms with Crippen LogP contribution in [-0.2, 0) is 0 Å². The quantitative estimate of drug-likeness (QED) is 0.795. The maximum Gasteiger partial charge on any atom is 0.0423 e. The second-order valence-corrected chi connectivity index (χ2v) is 3.99. The number of nitrogens with one attached hydrogen (secondary N) is 1. The summed E-state index contributed by atoms with van der Waals surface area (Å²) in [5.74, 6) is 0. The van der Waals surface area contributed by atoms with E-state index in [0.717, 1.165) is 23.4 Å². The first-order valence-corrected chi connectivity index (χ1v) is 5.87. The van der Waals surface area contributed by atoms with Gasteiger partial charge in [0.25, 0.3) is 0 Å². The van der Waals surface area contributed by atoms with Gasteiger partial charge in [0.15, 0.2) is 0 Å². The highest BCUT2D eigenvalue weighted by Gasteiger charge is 2.18. The smallest absolute Gasteiger partial charge is 0.0423 e. The van der Waals surface area contributed by atoms with Gasteiger partial charge >= 0.3 is 0 Å². The van der Waals surface area contributed by atoms with Gasteiger partial charge in [-0.05, 0) is 12.0 Å². The standard InChI is InChI=1S/C16H17N/c1-4-8-13-12(3)17-16(9-5-2)15-11-7-6-10-14(13)15/h4,6-11,17H,1,3,5H2,2H3/b13-8+,16-9-. The number of hydrogen-bond donors (Lipinski definition) is 1. The first-order valence-electron chi connectivity index (χ1n) is 5.87. The van der Waals surface area contributed by atoms with Crippen molar-refractivity contribution in [3.05, 3.63) is 72.5 Å². The molecule has 0 radical (unpaired) electrons. The Hall–Kier alpha value is -2.02.